The summed E-state index contributed by atoms with van der Waals surface area (Å²) in [6.45, 7) is 5.26. The van der Waals surface area contributed by atoms with Crippen molar-refractivity contribution in [2.45, 2.75) is 32.4 Å². The number of rotatable bonds is 11. The van der Waals surface area contributed by atoms with E-state index in [1.165, 1.54) is 46.9 Å². The number of nitrogens with zero attached hydrogens (tertiary/aromatic N) is 6. The zero-order valence-corrected chi connectivity index (χ0v) is 28.6. The Morgan fingerprint density at radius 3 is 2.52 bits per heavy atom. The number of hydrogen-bond donors (Lipinski definition) is 1. The van der Waals surface area contributed by atoms with Gasteiger partial charge in [0, 0.05) is 11.6 Å². The Morgan fingerprint density at radius 2 is 1.84 bits per heavy atom. The monoisotopic (exact) mass is 729 g/mol. The lowest BCUT2D eigenvalue weighted by Gasteiger charge is -2.22. The summed E-state index contributed by atoms with van der Waals surface area (Å²) >= 11 is 7.99. The molecule has 0 atom stereocenters. The van der Waals surface area contributed by atoms with Gasteiger partial charge in [0.15, 0.2) is 17.3 Å². The van der Waals surface area contributed by atoms with Crippen LogP contribution in [0.3, 0.4) is 0 Å². The van der Waals surface area contributed by atoms with E-state index in [0.717, 1.165) is 5.56 Å². The van der Waals surface area contributed by atoms with Gasteiger partial charge in [-0.1, -0.05) is 49.3 Å². The van der Waals surface area contributed by atoms with Gasteiger partial charge in [0.05, 0.1) is 55.2 Å². The van der Waals surface area contributed by atoms with Gasteiger partial charge in [0.25, 0.3) is 0 Å². The number of hydrogen-bond acceptors (Lipinski definition) is 11. The topological polar surface area (TPSA) is 125 Å². The van der Waals surface area contributed by atoms with E-state index in [0.29, 0.717) is 51.7 Å². The first-order valence-electron chi connectivity index (χ1n) is 15.3. The van der Waals surface area contributed by atoms with Crippen LogP contribution in [0.15, 0.2) is 70.9 Å². The maximum Gasteiger partial charge on any atom is 0.573 e. The van der Waals surface area contributed by atoms with Crippen LogP contribution >= 0.6 is 23.4 Å². The summed E-state index contributed by atoms with van der Waals surface area (Å²) in [6, 6.07) is 16.0. The predicted molar refractivity (Wildman–Crippen MR) is 185 cm³/mol. The number of ether oxygens (including phenoxy) is 4. The molecule has 50 heavy (non-hydrogen) atoms. The van der Waals surface area contributed by atoms with Crippen LogP contribution in [-0.2, 0) is 14.3 Å². The smallest absolute Gasteiger partial charge is 0.497 e. The lowest BCUT2D eigenvalue weighted by atomic mass is 10.00. The molecule has 262 valence electrons. The predicted octanol–water partition coefficient (Wildman–Crippen LogP) is 6.87. The Hall–Kier alpha value is -4.64. The largest absolute Gasteiger partial charge is 0.573 e. The molecule has 0 unspecified atom stereocenters. The van der Waals surface area contributed by atoms with Crippen molar-refractivity contribution in [2.75, 3.05) is 42.8 Å². The molecule has 3 heterocycles. The van der Waals surface area contributed by atoms with Crippen molar-refractivity contribution < 1.29 is 36.9 Å². The summed E-state index contributed by atoms with van der Waals surface area (Å²) in [4.78, 5) is 19.1. The molecular weight excluding hydrogens is 699 g/mol. The Balaban J connectivity index is 1.24. The average Bonchev–Trinajstić information content (AvgIpc) is 3.84. The highest BCUT2D eigenvalue weighted by Gasteiger charge is 2.33. The van der Waals surface area contributed by atoms with E-state index < -0.39 is 12.7 Å². The zero-order chi connectivity index (χ0) is 35.4. The van der Waals surface area contributed by atoms with E-state index >= 15 is 0 Å². The Labute approximate surface area is 294 Å². The number of amidine groups is 1. The number of methoxy groups -OCH3 is 1. The van der Waals surface area contributed by atoms with Crippen molar-refractivity contribution in [3.63, 3.8) is 0 Å². The van der Waals surface area contributed by atoms with Crippen molar-refractivity contribution >= 4 is 52.3 Å². The molecule has 6 rings (SSSR count). The van der Waals surface area contributed by atoms with Crippen LogP contribution in [0.5, 0.6) is 11.5 Å². The van der Waals surface area contributed by atoms with Crippen LogP contribution in [0.4, 0.5) is 24.8 Å². The zero-order valence-electron chi connectivity index (χ0n) is 27.0. The van der Waals surface area contributed by atoms with Crippen molar-refractivity contribution in [1.82, 2.24) is 14.8 Å². The summed E-state index contributed by atoms with van der Waals surface area (Å²) in [6.07, 6.45) is -3.80. The first-order valence-corrected chi connectivity index (χ1v) is 16.7. The third-order valence-corrected chi connectivity index (χ3v) is 8.72. The minimum atomic E-state index is -4.82. The normalized spacial score (nSPS) is 16.4. The molecule has 0 spiro atoms. The number of halogens is 4. The molecule has 0 radical (unpaired) electrons. The van der Waals surface area contributed by atoms with E-state index in [4.69, 9.17) is 25.8 Å². The molecule has 2 aliphatic heterocycles. The van der Waals surface area contributed by atoms with Crippen molar-refractivity contribution in [1.29, 1.82) is 0 Å². The molecule has 1 N–H and O–H groups in total. The van der Waals surface area contributed by atoms with Crippen LogP contribution in [0.2, 0.25) is 5.02 Å². The van der Waals surface area contributed by atoms with Gasteiger partial charge in [0.2, 0.25) is 11.9 Å². The summed E-state index contributed by atoms with van der Waals surface area (Å²) in [5.74, 6) is 1.06. The number of carbonyl (C=O) groups is 1. The van der Waals surface area contributed by atoms with Gasteiger partial charge < -0.3 is 24.3 Å². The lowest BCUT2D eigenvalue weighted by Crippen LogP contribution is -2.30. The summed E-state index contributed by atoms with van der Waals surface area (Å²) in [5.41, 5.74) is 3.21. The molecule has 1 amide bonds. The highest BCUT2D eigenvalue weighted by molar-refractivity contribution is 8.15. The van der Waals surface area contributed by atoms with E-state index in [1.807, 2.05) is 32.0 Å². The molecule has 4 aromatic rings. The molecule has 3 aromatic carbocycles. The highest BCUT2D eigenvalue weighted by atomic mass is 35.5. The van der Waals surface area contributed by atoms with Crippen molar-refractivity contribution in [3.05, 3.63) is 76.8 Å². The molecular formula is C33H31ClF3N7O5S. The Bertz CT molecular complexity index is 1910. The van der Waals surface area contributed by atoms with E-state index in [9.17, 15) is 18.0 Å². The quantitative estimate of drug-likeness (QED) is 0.130. The van der Waals surface area contributed by atoms with Crippen LogP contribution in [0, 0.1) is 0 Å². The maximum atomic E-state index is 12.9. The highest BCUT2D eigenvalue weighted by Crippen LogP contribution is 2.36. The van der Waals surface area contributed by atoms with Gasteiger partial charge in [-0.15, -0.1) is 23.4 Å². The van der Waals surface area contributed by atoms with Gasteiger partial charge in [-0.25, -0.2) is 0 Å². The fraction of sp³-hybridized carbons (Fsp3) is 0.303. The number of alkyl halides is 3. The van der Waals surface area contributed by atoms with Crippen LogP contribution in [0.25, 0.3) is 17.1 Å². The van der Waals surface area contributed by atoms with Crippen LogP contribution < -0.4 is 19.7 Å². The summed E-state index contributed by atoms with van der Waals surface area (Å²) in [7, 11) is 1.57. The fourth-order valence-corrected chi connectivity index (χ4v) is 6.24. The fourth-order valence-electron chi connectivity index (χ4n) is 5.15. The van der Waals surface area contributed by atoms with Crippen molar-refractivity contribution in [3.8, 4) is 28.6 Å². The second-order valence-corrected chi connectivity index (χ2v) is 12.6. The summed E-state index contributed by atoms with van der Waals surface area (Å²) < 4.78 is 59.9. The minimum Gasteiger partial charge on any atom is -0.497 e. The van der Waals surface area contributed by atoms with Crippen LogP contribution in [-0.4, -0.2) is 77.3 Å². The average molecular weight is 730 g/mol. The van der Waals surface area contributed by atoms with Gasteiger partial charge in [-0.2, -0.15) is 14.8 Å². The Kier molecular flexibility index (Phi) is 10.6. The van der Waals surface area contributed by atoms with Crippen molar-refractivity contribution in [2.24, 2.45) is 10.2 Å². The number of amides is 1. The number of carbonyl (C=O) groups excluding carboxylic acids is 1. The Morgan fingerprint density at radius 1 is 1.10 bits per heavy atom. The molecule has 17 heteroatoms. The molecule has 0 aliphatic carbocycles. The lowest BCUT2D eigenvalue weighted by molar-refractivity contribution is -0.274. The SMILES string of the molecule is COc1ccc(C(C)C)c(N2C(=O)CS/C2=N\N=C\c2ccc(-c3nc(NCC4OCCO4)n(-c4ccc(OC(F)(F)F)cc4)n3)c(Cl)c2)c1. The molecule has 12 nitrogen and oxygen atoms in total. The molecule has 2 aliphatic rings. The van der Waals surface area contributed by atoms with E-state index in [-0.39, 0.29) is 41.6 Å². The maximum absolute atomic E-state index is 12.9. The second kappa shape index (κ2) is 15.1. The first-order chi connectivity index (χ1) is 24.0. The molecule has 0 bridgehead atoms. The molecule has 0 saturated carbocycles. The second-order valence-electron chi connectivity index (χ2n) is 11.2. The summed E-state index contributed by atoms with van der Waals surface area (Å²) in [5, 5.41) is 17.1. The van der Waals surface area contributed by atoms with Gasteiger partial charge in [0.1, 0.15) is 11.5 Å². The number of benzene rings is 3. The molecule has 1 aromatic heterocycles. The molecule has 2 saturated heterocycles. The number of thioether (sulfide) groups is 1. The van der Waals surface area contributed by atoms with Gasteiger partial charge >= 0.3 is 6.36 Å². The minimum absolute atomic E-state index is 0.110. The number of nitrogens with one attached hydrogen (secondary N) is 1. The standard InChI is InChI=1S/C33H31ClF3N7O5S/c1-19(2)24-11-9-23(46-3)15-27(24)43-28(45)18-50-32(43)41-39-16-20-4-10-25(26(34)14-20)30-40-31(38-17-29-47-12-13-48-29)44(42-30)21-5-7-22(8-6-21)49-33(35,36)37/h4-11,14-16,19,29H,12-13,17-18H2,1-3H3,(H,38,40,42)/b39-16+,41-32-. The van der Waals surface area contributed by atoms with E-state index in [1.54, 1.807) is 30.2 Å². The third kappa shape index (κ3) is 8.21. The number of aromatic nitrogens is 3. The van der Waals surface area contributed by atoms with Crippen LogP contribution in [0.1, 0.15) is 30.9 Å². The first kappa shape index (κ1) is 35.2. The van der Waals surface area contributed by atoms with E-state index in [2.05, 4.69) is 30.3 Å². The molecule has 2 fully saturated rings. The van der Waals surface area contributed by atoms with Gasteiger partial charge in [-0.3, -0.25) is 9.69 Å². The number of anilines is 2. The third-order valence-electron chi connectivity index (χ3n) is 7.49. The van der Waals surface area contributed by atoms with Gasteiger partial charge in [-0.05, 0) is 59.5 Å².